The third-order valence-electron chi connectivity index (χ3n) is 2.41. The van der Waals surface area contributed by atoms with Crippen molar-refractivity contribution < 1.29 is 14.6 Å². The summed E-state index contributed by atoms with van der Waals surface area (Å²) in [5.41, 5.74) is 0.934. The number of carboxylic acid groups (broad SMARTS) is 1. The molecule has 0 spiro atoms. The molecule has 0 aromatic carbocycles. The third-order valence-corrected chi connectivity index (χ3v) is 2.41. The Bertz CT molecular complexity index is 614. The lowest BCUT2D eigenvalue weighted by Crippen LogP contribution is -2.00. The van der Waals surface area contributed by atoms with Gasteiger partial charge < -0.3 is 9.84 Å². The van der Waals surface area contributed by atoms with Crippen molar-refractivity contribution in [3.05, 3.63) is 41.6 Å². The molecule has 2 heterocycles. The number of aryl methyl sites for hydroxylation is 2. The standard InChI is InChI=1S/C13H13N3O3/c1-3-10-5-12(16-8(2)15-10)19-11-4-9(13(17)18)6-14-7-11/h4-7H,3H2,1-2H3,(H,17,18). The molecule has 0 saturated heterocycles. The van der Waals surface area contributed by atoms with Crippen LogP contribution in [0.3, 0.4) is 0 Å². The van der Waals surface area contributed by atoms with E-state index in [4.69, 9.17) is 9.84 Å². The summed E-state index contributed by atoms with van der Waals surface area (Å²) in [6.07, 6.45) is 3.47. The molecule has 1 N–H and O–H groups in total. The van der Waals surface area contributed by atoms with E-state index in [-0.39, 0.29) is 5.56 Å². The van der Waals surface area contributed by atoms with Gasteiger partial charge in [-0.2, -0.15) is 4.98 Å². The molecule has 0 saturated carbocycles. The summed E-state index contributed by atoms with van der Waals surface area (Å²) in [6, 6.07) is 3.12. The van der Waals surface area contributed by atoms with Crippen LogP contribution in [-0.4, -0.2) is 26.0 Å². The van der Waals surface area contributed by atoms with Gasteiger partial charge in [-0.3, -0.25) is 4.98 Å². The molecule has 2 aromatic rings. The summed E-state index contributed by atoms with van der Waals surface area (Å²) >= 11 is 0. The van der Waals surface area contributed by atoms with Crippen molar-refractivity contribution in [2.45, 2.75) is 20.3 Å². The van der Waals surface area contributed by atoms with Gasteiger partial charge in [0.25, 0.3) is 0 Å². The first kappa shape index (κ1) is 12.9. The van der Waals surface area contributed by atoms with Crippen LogP contribution in [-0.2, 0) is 6.42 Å². The lowest BCUT2D eigenvalue weighted by atomic mass is 10.3. The zero-order chi connectivity index (χ0) is 13.8. The van der Waals surface area contributed by atoms with Crippen molar-refractivity contribution in [1.29, 1.82) is 0 Å². The second-order valence-corrected chi connectivity index (χ2v) is 3.91. The van der Waals surface area contributed by atoms with Crippen molar-refractivity contribution in [3.63, 3.8) is 0 Å². The minimum Gasteiger partial charge on any atom is -0.478 e. The average molecular weight is 259 g/mol. The lowest BCUT2D eigenvalue weighted by molar-refractivity contribution is 0.0696. The van der Waals surface area contributed by atoms with E-state index < -0.39 is 5.97 Å². The summed E-state index contributed by atoms with van der Waals surface area (Å²) < 4.78 is 5.52. The number of aromatic carboxylic acids is 1. The van der Waals surface area contributed by atoms with Crippen LogP contribution >= 0.6 is 0 Å². The van der Waals surface area contributed by atoms with Gasteiger partial charge in [0.15, 0.2) is 0 Å². The minimum atomic E-state index is -1.05. The Hall–Kier alpha value is -2.50. The quantitative estimate of drug-likeness (QED) is 0.906. The van der Waals surface area contributed by atoms with E-state index in [1.165, 1.54) is 18.5 Å². The largest absolute Gasteiger partial charge is 0.478 e. The van der Waals surface area contributed by atoms with Crippen LogP contribution in [0.4, 0.5) is 0 Å². The van der Waals surface area contributed by atoms with Gasteiger partial charge in [0.05, 0.1) is 11.8 Å². The number of hydrogen-bond acceptors (Lipinski definition) is 5. The Morgan fingerprint density at radius 2 is 2.11 bits per heavy atom. The van der Waals surface area contributed by atoms with Crippen molar-refractivity contribution in [2.75, 3.05) is 0 Å². The molecule has 0 atom stereocenters. The predicted molar refractivity (Wildman–Crippen MR) is 67.4 cm³/mol. The fourth-order valence-electron chi connectivity index (χ4n) is 1.55. The molecule has 0 unspecified atom stereocenters. The number of hydrogen-bond donors (Lipinski definition) is 1. The van der Waals surface area contributed by atoms with Crippen LogP contribution in [0.25, 0.3) is 0 Å². The molecule has 19 heavy (non-hydrogen) atoms. The average Bonchev–Trinajstić information content (AvgIpc) is 2.38. The van der Waals surface area contributed by atoms with Gasteiger partial charge in [0.2, 0.25) is 5.88 Å². The first-order valence-corrected chi connectivity index (χ1v) is 5.79. The molecule has 0 aliphatic heterocycles. The molecule has 0 amide bonds. The smallest absolute Gasteiger partial charge is 0.337 e. The number of rotatable bonds is 4. The maximum atomic E-state index is 10.8. The first-order valence-electron chi connectivity index (χ1n) is 5.79. The zero-order valence-electron chi connectivity index (χ0n) is 10.6. The van der Waals surface area contributed by atoms with Crippen LogP contribution < -0.4 is 4.74 Å². The van der Waals surface area contributed by atoms with E-state index in [1.54, 1.807) is 13.0 Å². The van der Waals surface area contributed by atoms with Crippen LogP contribution in [0.5, 0.6) is 11.6 Å². The van der Waals surface area contributed by atoms with Gasteiger partial charge in [0, 0.05) is 18.0 Å². The summed E-state index contributed by atoms with van der Waals surface area (Å²) in [7, 11) is 0. The maximum absolute atomic E-state index is 10.8. The second-order valence-electron chi connectivity index (χ2n) is 3.91. The Kier molecular flexibility index (Phi) is 3.70. The van der Waals surface area contributed by atoms with E-state index in [1.807, 2.05) is 6.92 Å². The number of nitrogens with zero attached hydrogens (tertiary/aromatic N) is 3. The van der Waals surface area contributed by atoms with Crippen molar-refractivity contribution >= 4 is 5.97 Å². The normalized spacial score (nSPS) is 10.2. The van der Waals surface area contributed by atoms with Gasteiger partial charge in [-0.25, -0.2) is 9.78 Å². The number of ether oxygens (including phenoxy) is 1. The number of carbonyl (C=O) groups is 1. The molecule has 0 bridgehead atoms. The van der Waals surface area contributed by atoms with E-state index >= 15 is 0 Å². The SMILES string of the molecule is CCc1cc(Oc2cncc(C(=O)O)c2)nc(C)n1. The fraction of sp³-hybridized carbons (Fsp3) is 0.231. The highest BCUT2D eigenvalue weighted by atomic mass is 16.5. The molecule has 6 heteroatoms. The Labute approximate surface area is 110 Å². The minimum absolute atomic E-state index is 0.0685. The highest BCUT2D eigenvalue weighted by Gasteiger charge is 2.07. The fourth-order valence-corrected chi connectivity index (χ4v) is 1.55. The monoisotopic (exact) mass is 259 g/mol. The van der Waals surface area contributed by atoms with Gasteiger partial charge in [-0.15, -0.1) is 0 Å². The summed E-state index contributed by atoms with van der Waals surface area (Å²) in [4.78, 5) is 23.0. The van der Waals surface area contributed by atoms with Crippen molar-refractivity contribution in [3.8, 4) is 11.6 Å². The lowest BCUT2D eigenvalue weighted by Gasteiger charge is -2.07. The molecule has 0 radical (unpaired) electrons. The van der Waals surface area contributed by atoms with E-state index in [0.717, 1.165) is 12.1 Å². The topological polar surface area (TPSA) is 85.2 Å². The maximum Gasteiger partial charge on any atom is 0.337 e. The van der Waals surface area contributed by atoms with Gasteiger partial charge in [-0.1, -0.05) is 6.92 Å². The van der Waals surface area contributed by atoms with Gasteiger partial charge in [-0.05, 0) is 19.4 Å². The van der Waals surface area contributed by atoms with E-state index in [9.17, 15) is 4.79 Å². The number of aromatic nitrogens is 3. The highest BCUT2D eigenvalue weighted by Crippen LogP contribution is 2.20. The first-order chi connectivity index (χ1) is 9.08. The Morgan fingerprint density at radius 3 is 2.79 bits per heavy atom. The van der Waals surface area contributed by atoms with Crippen LogP contribution in [0.1, 0.15) is 28.8 Å². The van der Waals surface area contributed by atoms with Crippen LogP contribution in [0.15, 0.2) is 24.5 Å². The molecular formula is C13H13N3O3. The molecule has 98 valence electrons. The third kappa shape index (κ3) is 3.25. The van der Waals surface area contributed by atoms with Crippen molar-refractivity contribution in [1.82, 2.24) is 15.0 Å². The van der Waals surface area contributed by atoms with Crippen molar-refractivity contribution in [2.24, 2.45) is 0 Å². The van der Waals surface area contributed by atoms with Crippen LogP contribution in [0, 0.1) is 6.92 Å². The Morgan fingerprint density at radius 1 is 1.32 bits per heavy atom. The Balaban J connectivity index is 2.28. The van der Waals surface area contributed by atoms with E-state index in [2.05, 4.69) is 15.0 Å². The number of pyridine rings is 1. The molecule has 0 aliphatic rings. The summed E-state index contributed by atoms with van der Waals surface area (Å²) in [5.74, 6) is 0.275. The molecule has 2 rings (SSSR count). The highest BCUT2D eigenvalue weighted by molar-refractivity contribution is 5.87. The van der Waals surface area contributed by atoms with Gasteiger partial charge in [0.1, 0.15) is 11.6 Å². The molecule has 2 aromatic heterocycles. The summed E-state index contributed by atoms with van der Waals surface area (Å²) in [5, 5.41) is 8.88. The van der Waals surface area contributed by atoms with Gasteiger partial charge >= 0.3 is 5.97 Å². The molecular weight excluding hydrogens is 246 g/mol. The predicted octanol–water partition coefficient (Wildman–Crippen LogP) is 2.23. The van der Waals surface area contributed by atoms with E-state index in [0.29, 0.717) is 17.5 Å². The second kappa shape index (κ2) is 5.43. The number of carboxylic acids is 1. The zero-order valence-corrected chi connectivity index (χ0v) is 10.6. The molecule has 6 nitrogen and oxygen atoms in total. The van der Waals surface area contributed by atoms with Crippen LogP contribution in [0.2, 0.25) is 0 Å². The molecule has 0 aliphatic carbocycles. The molecule has 0 fully saturated rings. The summed E-state index contributed by atoms with van der Waals surface area (Å²) in [6.45, 7) is 3.76.